The molecule has 6 N–H and O–H groups in total. The molecule has 1 rings (SSSR count). The maximum atomic E-state index is 10.4. The van der Waals surface area contributed by atoms with Gasteiger partial charge in [-0.15, -0.1) is 24.8 Å². The number of carbonyl (C=O) groups is 1. The molecule has 0 aromatic carbocycles. The number of nitrogens with zero attached hydrogens (tertiary/aromatic N) is 1. The molecule has 90 valence electrons. The first kappa shape index (κ1) is 16.7. The van der Waals surface area contributed by atoms with E-state index in [1.807, 2.05) is 0 Å². The molecule has 0 bridgehead atoms. The van der Waals surface area contributed by atoms with Crippen molar-refractivity contribution in [2.24, 2.45) is 16.5 Å². The highest BCUT2D eigenvalue weighted by Crippen LogP contribution is 2.05. The van der Waals surface area contributed by atoms with Crippen LogP contribution in [0.2, 0.25) is 0 Å². The SMILES string of the molecule is Cl.Cl.NC1=NCC[C@H](C[C@H](N)C(=O)O)N1. The van der Waals surface area contributed by atoms with Gasteiger partial charge in [-0.25, -0.2) is 0 Å². The number of aliphatic carboxylic acids is 1. The summed E-state index contributed by atoms with van der Waals surface area (Å²) in [6.45, 7) is 0.635. The number of hydrogen-bond donors (Lipinski definition) is 4. The van der Waals surface area contributed by atoms with Crippen molar-refractivity contribution in [3.8, 4) is 0 Å². The third-order valence-corrected chi connectivity index (χ3v) is 1.97. The Morgan fingerprint density at radius 2 is 2.27 bits per heavy atom. The minimum absolute atomic E-state index is 0. The molecule has 6 nitrogen and oxygen atoms in total. The van der Waals surface area contributed by atoms with Gasteiger partial charge in [-0.3, -0.25) is 9.79 Å². The van der Waals surface area contributed by atoms with E-state index in [-0.39, 0.29) is 30.9 Å². The Bertz CT molecular complexity index is 237. The summed E-state index contributed by atoms with van der Waals surface area (Å²) in [6.07, 6.45) is 1.16. The molecule has 0 aromatic heterocycles. The van der Waals surface area contributed by atoms with Crippen LogP contribution >= 0.6 is 24.8 Å². The van der Waals surface area contributed by atoms with Crippen LogP contribution in [0.1, 0.15) is 12.8 Å². The first-order chi connectivity index (χ1) is 6.09. The zero-order valence-electron chi connectivity index (χ0n) is 8.05. The van der Waals surface area contributed by atoms with Crippen LogP contribution in [-0.4, -0.2) is 35.7 Å². The molecule has 0 saturated carbocycles. The average Bonchev–Trinajstić information content (AvgIpc) is 2.04. The molecule has 0 saturated heterocycles. The van der Waals surface area contributed by atoms with E-state index in [1.165, 1.54) is 0 Å². The summed E-state index contributed by atoms with van der Waals surface area (Å²) in [5, 5.41) is 11.5. The largest absolute Gasteiger partial charge is 0.480 e. The van der Waals surface area contributed by atoms with Crippen molar-refractivity contribution in [1.82, 2.24) is 5.32 Å². The van der Waals surface area contributed by atoms with E-state index in [1.54, 1.807) is 0 Å². The molecule has 1 aliphatic rings. The third-order valence-electron chi connectivity index (χ3n) is 1.97. The molecule has 0 amide bonds. The van der Waals surface area contributed by atoms with Crippen LogP contribution in [0.5, 0.6) is 0 Å². The fraction of sp³-hybridized carbons (Fsp3) is 0.714. The molecule has 1 aliphatic heterocycles. The molecule has 0 spiro atoms. The number of hydrogen-bond acceptors (Lipinski definition) is 5. The van der Waals surface area contributed by atoms with Crippen LogP contribution in [-0.2, 0) is 4.79 Å². The van der Waals surface area contributed by atoms with E-state index >= 15 is 0 Å². The van der Waals surface area contributed by atoms with Gasteiger partial charge >= 0.3 is 5.97 Å². The zero-order valence-corrected chi connectivity index (χ0v) is 9.68. The van der Waals surface area contributed by atoms with Crippen LogP contribution in [0, 0.1) is 0 Å². The van der Waals surface area contributed by atoms with Gasteiger partial charge in [0, 0.05) is 12.6 Å². The van der Waals surface area contributed by atoms with E-state index in [4.69, 9.17) is 16.6 Å². The Balaban J connectivity index is 0. The Labute approximate surface area is 100 Å². The number of nitrogens with one attached hydrogen (secondary N) is 1. The van der Waals surface area contributed by atoms with Crippen molar-refractivity contribution >= 4 is 36.7 Å². The van der Waals surface area contributed by atoms with Crippen LogP contribution in [0.15, 0.2) is 4.99 Å². The van der Waals surface area contributed by atoms with E-state index < -0.39 is 12.0 Å². The lowest BCUT2D eigenvalue weighted by Crippen LogP contribution is -2.47. The molecule has 0 fully saturated rings. The summed E-state index contributed by atoms with van der Waals surface area (Å²) >= 11 is 0. The van der Waals surface area contributed by atoms with E-state index in [0.717, 1.165) is 6.42 Å². The molecule has 0 radical (unpaired) electrons. The van der Waals surface area contributed by atoms with Gasteiger partial charge < -0.3 is 21.9 Å². The number of carboxylic acid groups (broad SMARTS) is 1. The summed E-state index contributed by atoms with van der Waals surface area (Å²) in [7, 11) is 0. The Morgan fingerprint density at radius 3 is 2.73 bits per heavy atom. The second-order valence-electron chi connectivity index (χ2n) is 3.08. The van der Waals surface area contributed by atoms with Crippen LogP contribution in [0.3, 0.4) is 0 Å². The summed E-state index contributed by atoms with van der Waals surface area (Å²) in [6, 6.07) is -0.799. The predicted molar refractivity (Wildman–Crippen MR) is 62.8 cm³/mol. The second-order valence-corrected chi connectivity index (χ2v) is 3.08. The van der Waals surface area contributed by atoms with Crippen molar-refractivity contribution in [3.63, 3.8) is 0 Å². The summed E-state index contributed by atoms with van der Waals surface area (Å²) in [5.41, 5.74) is 10.8. The van der Waals surface area contributed by atoms with Crippen molar-refractivity contribution < 1.29 is 9.90 Å². The smallest absolute Gasteiger partial charge is 0.320 e. The summed E-state index contributed by atoms with van der Waals surface area (Å²) in [4.78, 5) is 14.4. The van der Waals surface area contributed by atoms with Gasteiger partial charge in [-0.2, -0.15) is 0 Å². The average molecular weight is 259 g/mol. The van der Waals surface area contributed by atoms with Gasteiger partial charge in [0.2, 0.25) is 0 Å². The van der Waals surface area contributed by atoms with Gasteiger partial charge in [-0.05, 0) is 12.8 Å². The number of nitrogens with two attached hydrogens (primary N) is 2. The predicted octanol–water partition coefficient (Wildman–Crippen LogP) is -0.691. The first-order valence-corrected chi connectivity index (χ1v) is 4.14. The monoisotopic (exact) mass is 258 g/mol. The van der Waals surface area contributed by atoms with E-state index in [2.05, 4.69) is 10.3 Å². The lowest BCUT2D eigenvalue weighted by molar-refractivity contribution is -0.138. The second kappa shape index (κ2) is 7.56. The quantitative estimate of drug-likeness (QED) is 0.535. The van der Waals surface area contributed by atoms with Gasteiger partial charge in [0.25, 0.3) is 0 Å². The van der Waals surface area contributed by atoms with E-state index in [0.29, 0.717) is 18.9 Å². The highest BCUT2D eigenvalue weighted by Gasteiger charge is 2.20. The molecule has 0 aromatic rings. The number of rotatable bonds is 3. The van der Waals surface area contributed by atoms with Gasteiger partial charge in [-0.1, -0.05) is 0 Å². The number of carboxylic acids is 1. The van der Waals surface area contributed by atoms with Crippen molar-refractivity contribution in [2.75, 3.05) is 6.54 Å². The fourth-order valence-electron chi connectivity index (χ4n) is 1.25. The molecule has 15 heavy (non-hydrogen) atoms. The Morgan fingerprint density at radius 1 is 1.67 bits per heavy atom. The summed E-state index contributed by atoms with van der Waals surface area (Å²) < 4.78 is 0. The molecular formula is C7H16Cl2N4O2. The van der Waals surface area contributed by atoms with Crippen LogP contribution < -0.4 is 16.8 Å². The number of aliphatic imine (C=N–C) groups is 1. The van der Waals surface area contributed by atoms with Gasteiger partial charge in [0.05, 0.1) is 0 Å². The van der Waals surface area contributed by atoms with Gasteiger partial charge in [0.1, 0.15) is 6.04 Å². The molecule has 0 unspecified atom stereocenters. The van der Waals surface area contributed by atoms with Crippen molar-refractivity contribution in [2.45, 2.75) is 24.9 Å². The lowest BCUT2D eigenvalue weighted by Gasteiger charge is -2.23. The Hall–Kier alpha value is -0.720. The molecule has 2 atom stereocenters. The maximum absolute atomic E-state index is 10.4. The van der Waals surface area contributed by atoms with Crippen LogP contribution in [0.25, 0.3) is 0 Å². The van der Waals surface area contributed by atoms with Crippen LogP contribution in [0.4, 0.5) is 0 Å². The first-order valence-electron chi connectivity index (χ1n) is 4.14. The maximum Gasteiger partial charge on any atom is 0.320 e. The Kier molecular flexibility index (Phi) is 8.41. The minimum atomic E-state index is -0.983. The molecule has 0 aliphatic carbocycles. The minimum Gasteiger partial charge on any atom is -0.480 e. The standard InChI is InChI=1S/C7H14N4O2.2ClH/c8-5(6(12)13)3-4-1-2-10-7(9)11-4;;/h4-5H,1-3,8H2,(H,12,13)(H3,9,10,11);2*1H/t4-,5+;;/m1../s1. The highest BCUT2D eigenvalue weighted by molar-refractivity contribution is 5.85. The summed E-state index contributed by atoms with van der Waals surface area (Å²) in [5.74, 6) is -0.614. The normalized spacial score (nSPS) is 21.1. The lowest BCUT2D eigenvalue weighted by atomic mass is 10.0. The van der Waals surface area contributed by atoms with Crippen molar-refractivity contribution in [3.05, 3.63) is 0 Å². The highest BCUT2D eigenvalue weighted by atomic mass is 35.5. The van der Waals surface area contributed by atoms with Crippen molar-refractivity contribution in [1.29, 1.82) is 0 Å². The zero-order chi connectivity index (χ0) is 9.84. The van der Waals surface area contributed by atoms with E-state index in [9.17, 15) is 4.79 Å². The third kappa shape index (κ3) is 5.66. The molecular weight excluding hydrogens is 243 g/mol. The van der Waals surface area contributed by atoms with Gasteiger partial charge in [0.15, 0.2) is 5.96 Å². The fourth-order valence-corrected chi connectivity index (χ4v) is 1.25. The topological polar surface area (TPSA) is 114 Å². The number of halogens is 2. The molecule has 8 heteroatoms. The number of guanidine groups is 1. The molecule has 1 heterocycles.